The number of aromatic nitrogens is 1. The van der Waals surface area contributed by atoms with E-state index in [2.05, 4.69) is 20.0 Å². The predicted molar refractivity (Wildman–Crippen MR) is 95.2 cm³/mol. The van der Waals surface area contributed by atoms with Crippen molar-refractivity contribution in [3.63, 3.8) is 0 Å². The van der Waals surface area contributed by atoms with Gasteiger partial charge in [-0.15, -0.1) is 13.2 Å². The minimum absolute atomic E-state index is 0.0167. The fourth-order valence-electron chi connectivity index (χ4n) is 2.60. The third-order valence-corrected chi connectivity index (χ3v) is 3.71. The van der Waals surface area contributed by atoms with Gasteiger partial charge < -0.3 is 20.8 Å². The molecule has 26 heavy (non-hydrogen) atoms. The van der Waals surface area contributed by atoms with E-state index in [9.17, 15) is 13.2 Å². The number of para-hydroxylation sites is 3. The second kappa shape index (κ2) is 7.38. The average molecular weight is 362 g/mol. The summed E-state index contributed by atoms with van der Waals surface area (Å²) in [7, 11) is 0. The van der Waals surface area contributed by atoms with Gasteiger partial charge in [-0.3, -0.25) is 4.99 Å². The predicted octanol–water partition coefficient (Wildman–Crippen LogP) is 4.04. The first-order valence-corrected chi connectivity index (χ1v) is 7.89. The highest BCUT2D eigenvalue weighted by molar-refractivity contribution is 5.93. The number of hydrogen-bond acceptors (Lipinski definition) is 2. The van der Waals surface area contributed by atoms with Crippen LogP contribution in [0.1, 0.15) is 5.56 Å². The van der Waals surface area contributed by atoms with Crippen molar-refractivity contribution in [2.24, 2.45) is 10.7 Å². The highest BCUT2D eigenvalue weighted by atomic mass is 19.4. The molecule has 0 amide bonds. The zero-order valence-corrected chi connectivity index (χ0v) is 13.7. The highest BCUT2D eigenvalue weighted by Crippen LogP contribution is 2.29. The number of ether oxygens (including phenoxy) is 1. The molecule has 0 unspecified atom stereocenters. The van der Waals surface area contributed by atoms with E-state index in [1.165, 1.54) is 18.2 Å². The molecule has 3 aromatic rings. The first-order valence-electron chi connectivity index (χ1n) is 7.89. The number of guanidine groups is 1. The molecule has 0 aliphatic rings. The van der Waals surface area contributed by atoms with Crippen molar-refractivity contribution >= 4 is 22.5 Å². The number of hydrogen-bond donors (Lipinski definition) is 3. The van der Waals surface area contributed by atoms with Crippen LogP contribution in [0.2, 0.25) is 0 Å². The molecule has 5 nitrogen and oxygen atoms in total. The molecule has 1 aromatic heterocycles. The van der Waals surface area contributed by atoms with Crippen LogP contribution in [0.4, 0.5) is 18.9 Å². The van der Waals surface area contributed by atoms with Gasteiger partial charge in [-0.1, -0.05) is 30.3 Å². The van der Waals surface area contributed by atoms with Crippen molar-refractivity contribution in [1.29, 1.82) is 0 Å². The lowest BCUT2D eigenvalue weighted by Gasteiger charge is -2.14. The fourth-order valence-corrected chi connectivity index (χ4v) is 2.60. The second-order valence-corrected chi connectivity index (χ2v) is 5.55. The van der Waals surface area contributed by atoms with E-state index in [-0.39, 0.29) is 17.4 Å². The Morgan fingerprint density at radius 2 is 1.85 bits per heavy atom. The second-order valence-electron chi connectivity index (χ2n) is 5.55. The van der Waals surface area contributed by atoms with Crippen molar-refractivity contribution in [3.05, 3.63) is 60.3 Å². The molecule has 3 rings (SSSR count). The Balaban J connectivity index is 1.64. The molecule has 2 aromatic carbocycles. The first kappa shape index (κ1) is 17.7. The van der Waals surface area contributed by atoms with E-state index in [4.69, 9.17) is 5.73 Å². The van der Waals surface area contributed by atoms with Crippen LogP contribution in [0.15, 0.2) is 59.7 Å². The number of alkyl halides is 3. The molecule has 0 saturated heterocycles. The minimum Gasteiger partial charge on any atom is -0.404 e. The van der Waals surface area contributed by atoms with Gasteiger partial charge in [0.15, 0.2) is 11.7 Å². The molecule has 0 fully saturated rings. The Bertz CT molecular complexity index is 918. The molecule has 0 bridgehead atoms. The van der Waals surface area contributed by atoms with Gasteiger partial charge >= 0.3 is 6.36 Å². The Hall–Kier alpha value is -3.16. The van der Waals surface area contributed by atoms with Crippen molar-refractivity contribution in [3.8, 4) is 5.75 Å². The number of rotatable bonds is 5. The maximum absolute atomic E-state index is 12.4. The van der Waals surface area contributed by atoms with Gasteiger partial charge in [0.1, 0.15) is 0 Å². The molecular weight excluding hydrogens is 345 g/mol. The quantitative estimate of drug-likeness (QED) is 0.474. The molecule has 1 heterocycles. The lowest BCUT2D eigenvalue weighted by atomic mass is 10.1. The summed E-state index contributed by atoms with van der Waals surface area (Å²) >= 11 is 0. The van der Waals surface area contributed by atoms with Gasteiger partial charge in [0.25, 0.3) is 0 Å². The summed E-state index contributed by atoms with van der Waals surface area (Å²) in [6, 6.07) is 13.5. The Kier molecular flexibility index (Phi) is 5.01. The first-order chi connectivity index (χ1) is 12.4. The number of anilines is 1. The molecule has 0 spiro atoms. The molecule has 0 saturated carbocycles. The topological polar surface area (TPSA) is 75.4 Å². The molecule has 0 radical (unpaired) electrons. The Morgan fingerprint density at radius 1 is 1.12 bits per heavy atom. The van der Waals surface area contributed by atoms with E-state index in [1.54, 1.807) is 6.07 Å². The number of H-pyrrole nitrogens is 1. The molecule has 0 aliphatic heterocycles. The number of aliphatic imine (C=N–C) groups is 1. The number of nitrogens with zero attached hydrogens (tertiary/aromatic N) is 1. The number of aromatic amines is 1. The lowest BCUT2D eigenvalue weighted by molar-refractivity contribution is -0.274. The maximum Gasteiger partial charge on any atom is 0.573 e. The van der Waals surface area contributed by atoms with Gasteiger partial charge in [0.2, 0.25) is 0 Å². The molecule has 0 aliphatic carbocycles. The van der Waals surface area contributed by atoms with Crippen LogP contribution in [-0.4, -0.2) is 23.9 Å². The van der Waals surface area contributed by atoms with Crippen LogP contribution in [0.3, 0.4) is 0 Å². The van der Waals surface area contributed by atoms with Gasteiger partial charge in [0, 0.05) is 23.6 Å². The maximum atomic E-state index is 12.4. The number of nitrogens with one attached hydrogen (secondary N) is 2. The third kappa shape index (κ3) is 4.47. The van der Waals surface area contributed by atoms with Crippen LogP contribution in [0.5, 0.6) is 5.75 Å². The van der Waals surface area contributed by atoms with Crippen molar-refractivity contribution in [2.45, 2.75) is 12.8 Å². The van der Waals surface area contributed by atoms with Gasteiger partial charge in [-0.2, -0.15) is 0 Å². The standard InChI is InChI=1S/C18H17F3N4O/c19-18(20,21)26-16-8-4-3-7-15(16)25-17(22)23-10-9-12-11-24-14-6-2-1-5-13(12)14/h1-8,11,24H,9-10H2,(H3,22,23,25). The van der Waals surface area contributed by atoms with Crippen LogP contribution >= 0.6 is 0 Å². The Morgan fingerprint density at radius 3 is 2.65 bits per heavy atom. The summed E-state index contributed by atoms with van der Waals surface area (Å²) in [4.78, 5) is 7.35. The summed E-state index contributed by atoms with van der Waals surface area (Å²) in [6.07, 6.45) is -2.22. The minimum atomic E-state index is -4.78. The summed E-state index contributed by atoms with van der Waals surface area (Å²) in [5, 5.41) is 3.75. The smallest absolute Gasteiger partial charge is 0.404 e. The van der Waals surface area contributed by atoms with E-state index in [1.807, 2.05) is 30.5 Å². The summed E-state index contributed by atoms with van der Waals surface area (Å²) < 4.78 is 41.3. The van der Waals surface area contributed by atoms with Crippen molar-refractivity contribution in [2.75, 3.05) is 11.9 Å². The largest absolute Gasteiger partial charge is 0.573 e. The summed E-state index contributed by atoms with van der Waals surface area (Å²) in [6.45, 7) is 0.392. The normalized spacial score (nSPS) is 12.3. The summed E-state index contributed by atoms with van der Waals surface area (Å²) in [5.74, 6) is -0.349. The van der Waals surface area contributed by atoms with Gasteiger partial charge in [-0.05, 0) is 30.2 Å². The number of nitrogens with two attached hydrogens (primary N) is 1. The zero-order chi connectivity index (χ0) is 18.6. The molecule has 0 atom stereocenters. The van der Waals surface area contributed by atoms with Crippen LogP contribution in [0.25, 0.3) is 10.9 Å². The number of halogens is 3. The van der Waals surface area contributed by atoms with Crippen molar-refractivity contribution in [1.82, 2.24) is 4.98 Å². The van der Waals surface area contributed by atoms with Gasteiger partial charge in [-0.25, -0.2) is 0 Å². The lowest BCUT2D eigenvalue weighted by Crippen LogP contribution is -2.24. The molecule has 136 valence electrons. The SMILES string of the molecule is NC(=NCCc1c[nH]c2ccccc12)Nc1ccccc1OC(F)(F)F. The molecule has 4 N–H and O–H groups in total. The van der Waals surface area contributed by atoms with Gasteiger partial charge in [0.05, 0.1) is 5.69 Å². The monoisotopic (exact) mass is 362 g/mol. The van der Waals surface area contributed by atoms with Crippen LogP contribution in [0, 0.1) is 0 Å². The van der Waals surface area contributed by atoms with Crippen LogP contribution in [-0.2, 0) is 6.42 Å². The van der Waals surface area contributed by atoms with E-state index in [0.29, 0.717) is 13.0 Å². The molecule has 8 heteroatoms. The fraction of sp³-hybridized carbons (Fsp3) is 0.167. The number of benzene rings is 2. The zero-order valence-electron chi connectivity index (χ0n) is 13.7. The summed E-state index contributed by atoms with van der Waals surface area (Å²) in [5.41, 5.74) is 8.01. The van der Waals surface area contributed by atoms with Crippen LogP contribution < -0.4 is 15.8 Å². The highest BCUT2D eigenvalue weighted by Gasteiger charge is 2.32. The average Bonchev–Trinajstić information content (AvgIpc) is 2.99. The van der Waals surface area contributed by atoms with E-state index < -0.39 is 6.36 Å². The third-order valence-electron chi connectivity index (χ3n) is 3.71. The molecular formula is C18H17F3N4O. The Labute approximate surface area is 147 Å². The van der Waals surface area contributed by atoms with E-state index in [0.717, 1.165) is 16.5 Å². The number of fused-ring (bicyclic) bond motifs is 1. The van der Waals surface area contributed by atoms with Crippen molar-refractivity contribution < 1.29 is 17.9 Å². The van der Waals surface area contributed by atoms with E-state index >= 15 is 0 Å².